The molecule has 3 aromatic heterocycles. The summed E-state index contributed by atoms with van der Waals surface area (Å²) in [5.41, 5.74) is 6.61. The van der Waals surface area contributed by atoms with E-state index in [4.69, 9.17) is 28.8 Å². The molecule has 278 valence electrons. The Kier molecular flexibility index (Phi) is 6.91. The molecule has 10 aromatic carbocycles. The summed E-state index contributed by atoms with van der Waals surface area (Å²) >= 11 is 0. The summed E-state index contributed by atoms with van der Waals surface area (Å²) in [4.78, 5) is 20.5. The predicted molar refractivity (Wildman–Crippen MR) is 244 cm³/mol. The van der Waals surface area contributed by atoms with Gasteiger partial charge in [-0.25, -0.2) is 19.9 Å². The van der Waals surface area contributed by atoms with Gasteiger partial charge >= 0.3 is 0 Å². The van der Waals surface area contributed by atoms with Crippen LogP contribution >= 0.6 is 0 Å². The summed E-state index contributed by atoms with van der Waals surface area (Å²) in [6, 6.07) is 62.9. The van der Waals surface area contributed by atoms with E-state index in [0.717, 1.165) is 76.6 Å². The third kappa shape index (κ3) is 4.94. The van der Waals surface area contributed by atoms with Gasteiger partial charge in [0.25, 0.3) is 0 Å². The van der Waals surface area contributed by atoms with Gasteiger partial charge in [0.05, 0.1) is 5.39 Å². The molecule has 0 unspecified atom stereocenters. The third-order valence-corrected chi connectivity index (χ3v) is 11.9. The summed E-state index contributed by atoms with van der Waals surface area (Å²) in [7, 11) is 0. The van der Waals surface area contributed by atoms with Crippen molar-refractivity contribution in [1.82, 2.24) is 19.9 Å². The first-order valence-electron chi connectivity index (χ1n) is 20.0. The van der Waals surface area contributed by atoms with E-state index in [1.807, 2.05) is 66.7 Å². The van der Waals surface area contributed by atoms with Crippen LogP contribution in [0.3, 0.4) is 0 Å². The van der Waals surface area contributed by atoms with Crippen molar-refractivity contribution in [3.8, 4) is 45.6 Å². The van der Waals surface area contributed by atoms with Gasteiger partial charge in [0, 0.05) is 27.6 Å². The Hall–Kier alpha value is -8.22. The fourth-order valence-electron chi connectivity index (χ4n) is 9.12. The van der Waals surface area contributed by atoms with Crippen molar-refractivity contribution < 1.29 is 8.83 Å². The fraction of sp³-hybridized carbons (Fsp3) is 0. The quantitative estimate of drug-likeness (QED) is 0.166. The molecule has 0 aliphatic heterocycles. The zero-order chi connectivity index (χ0) is 39.3. The molecule has 0 radical (unpaired) electrons. The first-order valence-corrected chi connectivity index (χ1v) is 20.0. The van der Waals surface area contributed by atoms with Gasteiger partial charge in [0.1, 0.15) is 16.7 Å². The summed E-state index contributed by atoms with van der Waals surface area (Å²) in [6.45, 7) is 0. The molecule has 0 fully saturated rings. The zero-order valence-corrected chi connectivity index (χ0v) is 31.9. The molecule has 6 heteroatoms. The highest BCUT2D eigenvalue weighted by Crippen LogP contribution is 2.42. The Labute approximate surface area is 342 Å². The average molecular weight is 767 g/mol. The van der Waals surface area contributed by atoms with E-state index in [0.29, 0.717) is 28.9 Å². The van der Waals surface area contributed by atoms with Crippen LogP contribution in [-0.2, 0) is 0 Å². The fourth-order valence-corrected chi connectivity index (χ4v) is 9.12. The largest absolute Gasteiger partial charge is 0.456 e. The van der Waals surface area contributed by atoms with Gasteiger partial charge < -0.3 is 8.83 Å². The third-order valence-electron chi connectivity index (χ3n) is 11.9. The second-order valence-electron chi connectivity index (χ2n) is 15.3. The molecule has 0 amide bonds. The summed E-state index contributed by atoms with van der Waals surface area (Å²) in [5, 5.41) is 13.4. The molecule has 13 aromatic rings. The van der Waals surface area contributed by atoms with E-state index in [1.165, 1.54) is 26.9 Å². The number of aromatic nitrogens is 4. The Morgan fingerprint density at radius 3 is 1.60 bits per heavy atom. The minimum atomic E-state index is 0.575. The first kappa shape index (κ1) is 32.8. The molecule has 13 rings (SSSR count). The van der Waals surface area contributed by atoms with E-state index in [1.54, 1.807) is 0 Å². The van der Waals surface area contributed by atoms with Crippen LogP contribution in [0.2, 0.25) is 0 Å². The van der Waals surface area contributed by atoms with E-state index in [-0.39, 0.29) is 0 Å². The highest BCUT2D eigenvalue weighted by molar-refractivity contribution is 6.26. The number of nitrogens with zero attached hydrogens (tertiary/aromatic N) is 4. The Morgan fingerprint density at radius 2 is 0.850 bits per heavy atom. The van der Waals surface area contributed by atoms with Crippen LogP contribution < -0.4 is 0 Å². The summed E-state index contributed by atoms with van der Waals surface area (Å²) < 4.78 is 13.2. The van der Waals surface area contributed by atoms with E-state index in [2.05, 4.69) is 115 Å². The van der Waals surface area contributed by atoms with Crippen molar-refractivity contribution in [1.29, 1.82) is 0 Å². The first-order chi connectivity index (χ1) is 29.7. The van der Waals surface area contributed by atoms with Crippen molar-refractivity contribution in [2.75, 3.05) is 0 Å². The standard InChI is InChI=1S/C54H30N4O2/c1-2-12-33(13-3-1)51-56-52(58-53(57-51)35-23-25-41-39-18-7-6-16-37(39)38-17-8-9-19-40(38)44(41)30-35)34-22-21-32-24-27-46-48(43(32)29-34)49-47(59-46)28-26-45-50(49)60-54(55-45)42-20-10-14-31-11-4-5-15-36(31)42/h1-30H. The molecular weight excluding hydrogens is 737 g/mol. The summed E-state index contributed by atoms with van der Waals surface area (Å²) in [5.74, 6) is 2.37. The molecule has 6 nitrogen and oxygen atoms in total. The maximum absolute atomic E-state index is 6.71. The van der Waals surface area contributed by atoms with E-state index in [9.17, 15) is 0 Å². The highest BCUT2D eigenvalue weighted by atomic mass is 16.4. The lowest BCUT2D eigenvalue weighted by Crippen LogP contribution is -2.00. The topological polar surface area (TPSA) is 77.8 Å². The van der Waals surface area contributed by atoms with Crippen molar-refractivity contribution in [3.63, 3.8) is 0 Å². The summed E-state index contributed by atoms with van der Waals surface area (Å²) in [6.07, 6.45) is 0. The molecule has 0 aliphatic carbocycles. The van der Waals surface area contributed by atoms with Gasteiger partial charge in [-0.15, -0.1) is 0 Å². The number of benzene rings is 10. The van der Waals surface area contributed by atoms with Crippen molar-refractivity contribution in [2.45, 2.75) is 0 Å². The lowest BCUT2D eigenvalue weighted by molar-refractivity contribution is 0.623. The number of fused-ring (bicyclic) bond motifs is 14. The SMILES string of the molecule is c1ccc(-c2nc(-c3ccc4c5ccccc5c5ccccc5c4c3)nc(-c3ccc4ccc5oc6ccc7nc(-c8cccc9ccccc89)oc7c6c5c4c3)n2)cc1. The number of hydrogen-bond donors (Lipinski definition) is 0. The van der Waals surface area contributed by atoms with Crippen LogP contribution in [0.4, 0.5) is 0 Å². The van der Waals surface area contributed by atoms with Crippen LogP contribution in [0.5, 0.6) is 0 Å². The maximum Gasteiger partial charge on any atom is 0.227 e. The van der Waals surface area contributed by atoms with Crippen molar-refractivity contribution >= 4 is 86.9 Å². The van der Waals surface area contributed by atoms with Gasteiger partial charge in [-0.05, 0) is 90.3 Å². The normalized spacial score (nSPS) is 12.0. The minimum absolute atomic E-state index is 0.575. The molecular formula is C54H30N4O2. The lowest BCUT2D eigenvalue weighted by atomic mass is 9.93. The van der Waals surface area contributed by atoms with Crippen molar-refractivity contribution in [3.05, 3.63) is 182 Å². The second-order valence-corrected chi connectivity index (χ2v) is 15.3. The molecule has 0 N–H and O–H groups in total. The monoisotopic (exact) mass is 766 g/mol. The van der Waals surface area contributed by atoms with Gasteiger partial charge in [-0.2, -0.15) is 0 Å². The molecule has 0 saturated heterocycles. The predicted octanol–water partition coefficient (Wildman–Crippen LogP) is 14.3. The van der Waals surface area contributed by atoms with Gasteiger partial charge in [0.2, 0.25) is 5.89 Å². The highest BCUT2D eigenvalue weighted by Gasteiger charge is 2.21. The number of oxazole rings is 1. The Bertz CT molecular complexity index is 3860. The van der Waals surface area contributed by atoms with Crippen LogP contribution in [-0.4, -0.2) is 19.9 Å². The molecule has 0 saturated carbocycles. The molecule has 60 heavy (non-hydrogen) atoms. The molecule has 0 spiro atoms. The Balaban J connectivity index is 1.02. The van der Waals surface area contributed by atoms with Gasteiger partial charge in [-0.1, -0.05) is 146 Å². The molecule has 0 aliphatic rings. The smallest absolute Gasteiger partial charge is 0.227 e. The van der Waals surface area contributed by atoms with Gasteiger partial charge in [-0.3, -0.25) is 0 Å². The second kappa shape index (κ2) is 12.6. The maximum atomic E-state index is 6.71. The number of hydrogen-bond acceptors (Lipinski definition) is 6. The number of rotatable bonds is 4. The molecule has 0 bridgehead atoms. The van der Waals surface area contributed by atoms with Crippen LogP contribution in [0.15, 0.2) is 191 Å². The zero-order valence-electron chi connectivity index (χ0n) is 31.9. The van der Waals surface area contributed by atoms with Gasteiger partial charge in [0.15, 0.2) is 23.1 Å². The van der Waals surface area contributed by atoms with Crippen LogP contribution in [0, 0.1) is 0 Å². The molecule has 3 heterocycles. The Morgan fingerprint density at radius 1 is 0.317 bits per heavy atom. The van der Waals surface area contributed by atoms with Crippen LogP contribution in [0.25, 0.3) is 133 Å². The average Bonchev–Trinajstić information content (AvgIpc) is 3.93. The van der Waals surface area contributed by atoms with E-state index >= 15 is 0 Å². The van der Waals surface area contributed by atoms with Crippen molar-refractivity contribution in [2.24, 2.45) is 0 Å². The number of furan rings is 1. The van der Waals surface area contributed by atoms with Crippen LogP contribution in [0.1, 0.15) is 0 Å². The van der Waals surface area contributed by atoms with E-state index < -0.39 is 0 Å². The molecule has 0 atom stereocenters. The lowest BCUT2D eigenvalue weighted by Gasteiger charge is -2.13. The minimum Gasteiger partial charge on any atom is -0.456 e.